The molecular formula is C19H23N3O. The molecule has 3 rings (SSSR count). The number of carbonyl (C=O) groups excluding carboxylic acids is 1. The van der Waals surface area contributed by atoms with Crippen molar-refractivity contribution >= 4 is 5.91 Å². The highest BCUT2D eigenvalue weighted by Crippen LogP contribution is 2.23. The molecule has 0 saturated carbocycles. The molecule has 1 amide bonds. The van der Waals surface area contributed by atoms with E-state index in [2.05, 4.69) is 21.7 Å². The zero-order valence-electron chi connectivity index (χ0n) is 13.3. The molecule has 1 aromatic carbocycles. The van der Waals surface area contributed by atoms with Gasteiger partial charge in [0.25, 0.3) is 5.91 Å². The van der Waals surface area contributed by atoms with E-state index in [1.165, 1.54) is 24.0 Å². The highest BCUT2D eigenvalue weighted by Gasteiger charge is 2.16. The number of rotatable bonds is 5. The van der Waals surface area contributed by atoms with Gasteiger partial charge in [-0.3, -0.25) is 9.78 Å². The maximum atomic E-state index is 12.3. The Hall–Kier alpha value is -2.20. The van der Waals surface area contributed by atoms with Gasteiger partial charge >= 0.3 is 0 Å². The van der Waals surface area contributed by atoms with E-state index in [0.717, 1.165) is 25.1 Å². The predicted molar refractivity (Wildman–Crippen MR) is 91.6 cm³/mol. The summed E-state index contributed by atoms with van der Waals surface area (Å²) in [6.07, 6.45) is 6.77. The third-order valence-electron chi connectivity index (χ3n) is 4.37. The van der Waals surface area contributed by atoms with Gasteiger partial charge in [-0.25, -0.2) is 0 Å². The minimum Gasteiger partial charge on any atom is -0.352 e. The van der Waals surface area contributed by atoms with Gasteiger partial charge in [-0.05, 0) is 67.1 Å². The summed E-state index contributed by atoms with van der Waals surface area (Å²) < 4.78 is 0. The Balaban J connectivity index is 1.56. The Morgan fingerprint density at radius 1 is 1.26 bits per heavy atom. The Morgan fingerprint density at radius 3 is 2.91 bits per heavy atom. The fraction of sp³-hybridized carbons (Fsp3) is 0.368. The van der Waals surface area contributed by atoms with Crippen molar-refractivity contribution in [3.05, 3.63) is 65.5 Å². The first-order valence-corrected chi connectivity index (χ1v) is 8.31. The summed E-state index contributed by atoms with van der Waals surface area (Å²) in [4.78, 5) is 16.3. The van der Waals surface area contributed by atoms with Gasteiger partial charge < -0.3 is 10.6 Å². The van der Waals surface area contributed by atoms with Crippen molar-refractivity contribution in [2.24, 2.45) is 0 Å². The number of pyridine rings is 1. The largest absolute Gasteiger partial charge is 0.352 e. The van der Waals surface area contributed by atoms with Crippen LogP contribution in [-0.4, -0.2) is 30.5 Å². The molecule has 23 heavy (non-hydrogen) atoms. The molecule has 1 aromatic heterocycles. The van der Waals surface area contributed by atoms with Crippen LogP contribution in [0.4, 0.5) is 0 Å². The van der Waals surface area contributed by atoms with E-state index in [4.69, 9.17) is 0 Å². The topological polar surface area (TPSA) is 54.0 Å². The number of benzene rings is 1. The van der Waals surface area contributed by atoms with Gasteiger partial charge in [0.2, 0.25) is 0 Å². The molecule has 1 aliphatic heterocycles. The summed E-state index contributed by atoms with van der Waals surface area (Å²) >= 11 is 0. The SMILES string of the molecule is O=C(NCCc1ccncc1)c1cccc([C@H]2CCCNC2)c1. The van der Waals surface area contributed by atoms with E-state index < -0.39 is 0 Å². The lowest BCUT2D eigenvalue weighted by Gasteiger charge is -2.23. The van der Waals surface area contributed by atoms with Crippen molar-refractivity contribution in [3.63, 3.8) is 0 Å². The number of amides is 1. The smallest absolute Gasteiger partial charge is 0.251 e. The van der Waals surface area contributed by atoms with Gasteiger partial charge in [0.15, 0.2) is 0 Å². The molecule has 4 heteroatoms. The number of hydrogen-bond donors (Lipinski definition) is 2. The first-order valence-electron chi connectivity index (χ1n) is 8.31. The lowest BCUT2D eigenvalue weighted by atomic mass is 9.90. The quantitative estimate of drug-likeness (QED) is 0.892. The third kappa shape index (κ3) is 4.39. The molecule has 1 saturated heterocycles. The van der Waals surface area contributed by atoms with E-state index in [9.17, 15) is 4.79 Å². The summed E-state index contributed by atoms with van der Waals surface area (Å²) in [5.74, 6) is 0.526. The molecule has 1 aliphatic rings. The van der Waals surface area contributed by atoms with Crippen molar-refractivity contribution < 1.29 is 4.79 Å². The summed E-state index contributed by atoms with van der Waals surface area (Å²) in [5, 5.41) is 6.43. The van der Waals surface area contributed by atoms with Gasteiger partial charge in [-0.1, -0.05) is 12.1 Å². The molecule has 2 aromatic rings. The molecule has 0 bridgehead atoms. The average Bonchev–Trinajstić information content (AvgIpc) is 2.63. The van der Waals surface area contributed by atoms with Crippen LogP contribution in [0.15, 0.2) is 48.8 Å². The van der Waals surface area contributed by atoms with Gasteiger partial charge in [0.1, 0.15) is 0 Å². The summed E-state index contributed by atoms with van der Waals surface area (Å²) in [5.41, 5.74) is 3.20. The van der Waals surface area contributed by atoms with E-state index in [-0.39, 0.29) is 5.91 Å². The Morgan fingerprint density at radius 2 is 2.13 bits per heavy atom. The third-order valence-corrected chi connectivity index (χ3v) is 4.37. The first-order chi connectivity index (χ1) is 11.3. The van der Waals surface area contributed by atoms with Crippen LogP contribution in [0.25, 0.3) is 0 Å². The van der Waals surface area contributed by atoms with Crippen LogP contribution < -0.4 is 10.6 Å². The van der Waals surface area contributed by atoms with Crippen LogP contribution in [0.5, 0.6) is 0 Å². The van der Waals surface area contributed by atoms with Crippen molar-refractivity contribution in [2.75, 3.05) is 19.6 Å². The minimum atomic E-state index is 0.00433. The van der Waals surface area contributed by atoms with Crippen LogP contribution in [0.3, 0.4) is 0 Å². The second kappa shape index (κ2) is 7.88. The second-order valence-corrected chi connectivity index (χ2v) is 6.03. The van der Waals surface area contributed by atoms with E-state index in [0.29, 0.717) is 12.5 Å². The number of hydrogen-bond acceptors (Lipinski definition) is 3. The maximum Gasteiger partial charge on any atom is 0.251 e. The van der Waals surface area contributed by atoms with Crippen LogP contribution in [0.2, 0.25) is 0 Å². The summed E-state index contributed by atoms with van der Waals surface area (Å²) in [6, 6.07) is 12.0. The van der Waals surface area contributed by atoms with Crippen molar-refractivity contribution in [1.82, 2.24) is 15.6 Å². The zero-order chi connectivity index (χ0) is 15.9. The normalized spacial score (nSPS) is 17.7. The first kappa shape index (κ1) is 15.7. The van der Waals surface area contributed by atoms with Crippen molar-refractivity contribution in [2.45, 2.75) is 25.2 Å². The zero-order valence-corrected chi connectivity index (χ0v) is 13.3. The maximum absolute atomic E-state index is 12.3. The van der Waals surface area contributed by atoms with E-state index in [1.807, 2.05) is 30.3 Å². The Kier molecular flexibility index (Phi) is 5.37. The number of carbonyl (C=O) groups is 1. The van der Waals surface area contributed by atoms with Crippen LogP contribution in [0, 0.1) is 0 Å². The molecule has 0 unspecified atom stereocenters. The summed E-state index contributed by atoms with van der Waals surface area (Å²) in [6.45, 7) is 2.75. The molecule has 2 heterocycles. The molecule has 4 nitrogen and oxygen atoms in total. The van der Waals surface area contributed by atoms with Gasteiger partial charge in [0.05, 0.1) is 0 Å². The van der Waals surface area contributed by atoms with E-state index in [1.54, 1.807) is 12.4 Å². The molecule has 0 spiro atoms. The van der Waals surface area contributed by atoms with Crippen molar-refractivity contribution in [3.8, 4) is 0 Å². The standard InChI is InChI=1S/C19H23N3O/c23-19(22-12-8-15-6-10-20-11-7-15)17-4-1-3-16(13-17)18-5-2-9-21-14-18/h1,3-4,6-7,10-11,13,18,21H,2,5,8-9,12,14H2,(H,22,23)/t18-/m0/s1. The van der Waals surface area contributed by atoms with Crippen molar-refractivity contribution in [1.29, 1.82) is 0 Å². The fourth-order valence-electron chi connectivity index (χ4n) is 3.04. The average molecular weight is 309 g/mol. The van der Waals surface area contributed by atoms with Gasteiger partial charge in [-0.2, -0.15) is 0 Å². The monoisotopic (exact) mass is 309 g/mol. The Labute approximate surface area is 137 Å². The molecule has 1 fully saturated rings. The molecular weight excluding hydrogens is 286 g/mol. The molecule has 0 radical (unpaired) electrons. The highest BCUT2D eigenvalue weighted by molar-refractivity contribution is 5.94. The lowest BCUT2D eigenvalue weighted by molar-refractivity contribution is 0.0954. The number of nitrogens with zero attached hydrogens (tertiary/aromatic N) is 1. The molecule has 120 valence electrons. The Bertz CT molecular complexity index is 636. The predicted octanol–water partition coefficient (Wildman–Crippen LogP) is 2.52. The van der Waals surface area contributed by atoms with Crippen LogP contribution in [-0.2, 0) is 6.42 Å². The van der Waals surface area contributed by atoms with Crippen LogP contribution in [0.1, 0.15) is 40.2 Å². The summed E-state index contributed by atoms with van der Waals surface area (Å²) in [7, 11) is 0. The number of nitrogens with one attached hydrogen (secondary N) is 2. The van der Waals surface area contributed by atoms with Gasteiger partial charge in [-0.15, -0.1) is 0 Å². The lowest BCUT2D eigenvalue weighted by Crippen LogP contribution is -2.29. The fourth-order valence-corrected chi connectivity index (χ4v) is 3.04. The van der Waals surface area contributed by atoms with E-state index >= 15 is 0 Å². The second-order valence-electron chi connectivity index (χ2n) is 6.03. The highest BCUT2D eigenvalue weighted by atomic mass is 16.1. The molecule has 0 aliphatic carbocycles. The minimum absolute atomic E-state index is 0.00433. The number of piperidine rings is 1. The molecule has 2 N–H and O–H groups in total. The van der Waals surface area contributed by atoms with Crippen LogP contribution >= 0.6 is 0 Å². The van der Waals surface area contributed by atoms with Gasteiger partial charge in [0, 0.05) is 31.0 Å². The molecule has 1 atom stereocenters. The number of aromatic nitrogens is 1.